The van der Waals surface area contributed by atoms with E-state index in [1.807, 2.05) is 54.6 Å². The Morgan fingerprint density at radius 2 is 1.34 bits per heavy atom. The van der Waals surface area contributed by atoms with Crippen LogP contribution >= 0.6 is 0 Å². The molecule has 68 heavy (non-hydrogen) atoms. The van der Waals surface area contributed by atoms with Crippen molar-refractivity contribution in [2.75, 3.05) is 13.1 Å². The largest absolute Gasteiger partial charge is 0.370 e. The lowest BCUT2D eigenvalue weighted by Gasteiger charge is -2.27. The number of benzene rings is 3. The number of amides is 9. The standard InChI is InChI=1S/C46H59N13O9/c1-25(60)54-37-23-39(62)51-17-7-6-13-32(40(48)63)55-44(67)36(22-38(47)61)59-42(65)34(20-26-15-16-27-9-2-3-10-28(27)19-26)57-43(66)35(21-29-24-53-31-12-5-4-11-30(29)31)58-41(64)33(56-45(37)68)14-8-18-52-46(49)50/h2-5,9-12,15-16,19,24,32-37,53H,6-8,13-14,17-18,20-23H2,1H3,(H2,47,61)(H2,48,63)(H,51,62)(H,54,60)(H,55,67)(H,56,68)(H,57,66)(H,58,64)(H,59,65)(H4,49,50,52)/t32-,33-,34-,35-,36+,37-/m0/s1. The Morgan fingerprint density at radius 1 is 0.706 bits per heavy atom. The number of guanidine groups is 1. The molecule has 1 saturated heterocycles. The zero-order valence-electron chi connectivity index (χ0n) is 37.6. The number of nitrogens with zero attached hydrogens (tertiary/aromatic N) is 1. The molecule has 4 aromatic rings. The average molecular weight is 938 g/mol. The molecular formula is C46H59N13O9. The number of aromatic amines is 1. The van der Waals surface area contributed by atoms with Gasteiger partial charge in [0.15, 0.2) is 5.96 Å². The first-order valence-corrected chi connectivity index (χ1v) is 22.2. The zero-order valence-corrected chi connectivity index (χ0v) is 37.6. The van der Waals surface area contributed by atoms with Crippen LogP contribution < -0.4 is 60.2 Å². The van der Waals surface area contributed by atoms with Crippen LogP contribution in [0.1, 0.15) is 63.0 Å². The third kappa shape index (κ3) is 15.3. The molecule has 2 heterocycles. The average Bonchev–Trinajstić information content (AvgIpc) is 3.69. The van der Waals surface area contributed by atoms with Crippen molar-refractivity contribution in [1.29, 1.82) is 0 Å². The SMILES string of the molecule is CC(=O)N[C@H]1CC(=O)NCCCC[C@@H](C(N)=O)NC(=O)[C@@H](CC(N)=O)NC(=O)[C@H](Cc2ccc3ccccc3c2)NC(=O)[C@H](Cc2c[nH]c3ccccc23)NC(=O)[C@H](CCCN=C(N)N)NC1=O. The number of nitrogens with one attached hydrogen (secondary N) is 8. The number of hydrogen-bond acceptors (Lipinski definition) is 10. The van der Waals surface area contributed by atoms with Crippen LogP contribution in [-0.4, -0.2) is 113 Å². The van der Waals surface area contributed by atoms with E-state index in [0.717, 1.165) is 28.6 Å². The number of aromatic nitrogens is 1. The highest BCUT2D eigenvalue weighted by Gasteiger charge is 2.35. The maximum atomic E-state index is 14.8. The number of hydrogen-bond donors (Lipinski definition) is 12. The van der Waals surface area contributed by atoms with Gasteiger partial charge in [-0.25, -0.2) is 0 Å². The molecule has 1 aliphatic rings. The lowest BCUT2D eigenvalue weighted by atomic mass is 9.99. The lowest BCUT2D eigenvalue weighted by Crippen LogP contribution is -2.60. The molecule has 9 amide bonds. The van der Waals surface area contributed by atoms with Gasteiger partial charge < -0.3 is 65.1 Å². The van der Waals surface area contributed by atoms with E-state index in [-0.39, 0.29) is 64.0 Å². The summed E-state index contributed by atoms with van der Waals surface area (Å²) in [6.45, 7) is 1.26. The van der Waals surface area contributed by atoms with Crippen LogP contribution in [-0.2, 0) is 56.0 Å². The van der Waals surface area contributed by atoms with E-state index in [0.29, 0.717) is 11.1 Å². The van der Waals surface area contributed by atoms with Crippen molar-refractivity contribution in [2.24, 2.45) is 27.9 Å². The van der Waals surface area contributed by atoms with Crippen LogP contribution in [0.2, 0.25) is 0 Å². The molecule has 1 aliphatic heterocycles. The van der Waals surface area contributed by atoms with E-state index >= 15 is 0 Å². The Labute approximate surface area is 391 Å². The summed E-state index contributed by atoms with van der Waals surface area (Å²) < 4.78 is 0. The molecule has 6 atom stereocenters. The summed E-state index contributed by atoms with van der Waals surface area (Å²) in [4.78, 5) is 129. The van der Waals surface area contributed by atoms with Crippen molar-refractivity contribution in [3.8, 4) is 0 Å². The number of H-pyrrole nitrogens is 1. The Hall–Kier alpha value is -8.04. The molecule has 1 fully saturated rings. The summed E-state index contributed by atoms with van der Waals surface area (Å²) in [5.41, 5.74) is 24.1. The van der Waals surface area contributed by atoms with Crippen LogP contribution in [0, 0.1) is 0 Å². The van der Waals surface area contributed by atoms with E-state index < -0.39 is 102 Å². The number of aliphatic imine (C=N–C) groups is 1. The van der Waals surface area contributed by atoms with E-state index in [4.69, 9.17) is 22.9 Å². The molecule has 0 spiro atoms. The maximum Gasteiger partial charge on any atom is 0.243 e. The number of carbonyl (C=O) groups is 9. The minimum Gasteiger partial charge on any atom is -0.370 e. The van der Waals surface area contributed by atoms with Crippen molar-refractivity contribution in [2.45, 2.75) is 101 Å². The van der Waals surface area contributed by atoms with Gasteiger partial charge in [0.25, 0.3) is 0 Å². The topological polar surface area (TPSA) is 370 Å². The normalized spacial score (nSPS) is 21.8. The second kappa shape index (κ2) is 24.5. The Balaban J connectivity index is 1.58. The molecule has 16 N–H and O–H groups in total. The van der Waals surface area contributed by atoms with Crippen LogP contribution in [0.4, 0.5) is 0 Å². The molecule has 0 radical (unpaired) electrons. The molecule has 0 aliphatic carbocycles. The summed E-state index contributed by atoms with van der Waals surface area (Å²) in [5.74, 6) is -7.82. The molecule has 22 heteroatoms. The van der Waals surface area contributed by atoms with Crippen molar-refractivity contribution >= 4 is 80.8 Å². The number of primary amides is 2. The molecule has 5 rings (SSSR count). The van der Waals surface area contributed by atoms with Crippen LogP contribution in [0.25, 0.3) is 21.7 Å². The first kappa shape index (κ1) is 51.0. The highest BCUT2D eigenvalue weighted by Crippen LogP contribution is 2.21. The van der Waals surface area contributed by atoms with Crippen molar-refractivity contribution < 1.29 is 43.2 Å². The second-order valence-electron chi connectivity index (χ2n) is 16.6. The summed E-state index contributed by atoms with van der Waals surface area (Å²) in [6.07, 6.45) is 0.753. The van der Waals surface area contributed by atoms with Crippen molar-refractivity contribution in [1.82, 2.24) is 42.2 Å². The van der Waals surface area contributed by atoms with Gasteiger partial charge in [0.05, 0.1) is 12.8 Å². The van der Waals surface area contributed by atoms with Crippen molar-refractivity contribution in [3.05, 3.63) is 84.1 Å². The number of rotatable bonds is 12. The third-order valence-corrected chi connectivity index (χ3v) is 11.2. The zero-order chi connectivity index (χ0) is 49.3. The fourth-order valence-electron chi connectivity index (χ4n) is 7.78. The van der Waals surface area contributed by atoms with Crippen LogP contribution in [0.3, 0.4) is 0 Å². The monoisotopic (exact) mass is 937 g/mol. The van der Waals surface area contributed by atoms with Crippen LogP contribution in [0.5, 0.6) is 0 Å². The molecule has 1 aromatic heterocycles. The minimum atomic E-state index is -1.62. The summed E-state index contributed by atoms with van der Waals surface area (Å²) in [7, 11) is 0. The molecule has 22 nitrogen and oxygen atoms in total. The molecule has 362 valence electrons. The predicted molar refractivity (Wildman–Crippen MR) is 251 cm³/mol. The highest BCUT2D eigenvalue weighted by molar-refractivity contribution is 5.99. The second-order valence-corrected chi connectivity index (χ2v) is 16.6. The third-order valence-electron chi connectivity index (χ3n) is 11.2. The molecule has 3 aromatic carbocycles. The van der Waals surface area contributed by atoms with Crippen molar-refractivity contribution in [3.63, 3.8) is 0 Å². The van der Waals surface area contributed by atoms with Gasteiger partial charge in [0.2, 0.25) is 53.2 Å². The fraction of sp³-hybridized carbons (Fsp3) is 0.391. The number of carbonyl (C=O) groups excluding carboxylic acids is 9. The summed E-state index contributed by atoms with van der Waals surface area (Å²) in [5, 5.41) is 20.7. The van der Waals surface area contributed by atoms with E-state index in [9.17, 15) is 43.2 Å². The number of para-hydroxylation sites is 1. The molecule has 0 bridgehead atoms. The Morgan fingerprint density at radius 3 is 2.03 bits per heavy atom. The molecular weight excluding hydrogens is 879 g/mol. The lowest BCUT2D eigenvalue weighted by molar-refractivity contribution is -0.136. The van der Waals surface area contributed by atoms with Gasteiger partial charge in [0, 0.05) is 50.0 Å². The predicted octanol–water partition coefficient (Wildman–Crippen LogP) is -1.86. The Kier molecular flexibility index (Phi) is 18.3. The van der Waals surface area contributed by atoms with E-state index in [1.165, 1.54) is 0 Å². The van der Waals surface area contributed by atoms with Gasteiger partial charge in [-0.3, -0.25) is 48.1 Å². The van der Waals surface area contributed by atoms with Gasteiger partial charge in [0.1, 0.15) is 36.3 Å². The van der Waals surface area contributed by atoms with Gasteiger partial charge >= 0.3 is 0 Å². The quantitative estimate of drug-likeness (QED) is 0.0425. The number of fused-ring (bicyclic) bond motifs is 2. The highest BCUT2D eigenvalue weighted by atomic mass is 16.2. The first-order chi connectivity index (χ1) is 32.5. The minimum absolute atomic E-state index is 0.00479. The maximum absolute atomic E-state index is 14.8. The first-order valence-electron chi connectivity index (χ1n) is 22.2. The summed E-state index contributed by atoms with van der Waals surface area (Å²) >= 11 is 0. The smallest absolute Gasteiger partial charge is 0.243 e. The van der Waals surface area contributed by atoms with Gasteiger partial charge in [-0.1, -0.05) is 60.7 Å². The molecule has 0 unspecified atom stereocenters. The van der Waals surface area contributed by atoms with E-state index in [1.54, 1.807) is 18.3 Å². The van der Waals surface area contributed by atoms with Gasteiger partial charge in [-0.15, -0.1) is 0 Å². The Bertz CT molecular complexity index is 2540. The van der Waals surface area contributed by atoms with Gasteiger partial charge in [-0.2, -0.15) is 0 Å². The van der Waals surface area contributed by atoms with Crippen LogP contribution in [0.15, 0.2) is 77.9 Å². The van der Waals surface area contributed by atoms with E-state index in [2.05, 4.69) is 47.2 Å². The number of nitrogens with two attached hydrogens (primary N) is 4. The summed E-state index contributed by atoms with van der Waals surface area (Å²) in [6, 6.07) is 11.5. The van der Waals surface area contributed by atoms with Gasteiger partial charge in [-0.05, 0) is 60.1 Å². The molecule has 0 saturated carbocycles. The fourth-order valence-corrected chi connectivity index (χ4v) is 7.78.